The molecule has 1 aromatic carbocycles. The van der Waals surface area contributed by atoms with Crippen LogP contribution >= 0.6 is 11.6 Å². The van der Waals surface area contributed by atoms with Gasteiger partial charge in [-0.2, -0.15) is 0 Å². The third-order valence-corrected chi connectivity index (χ3v) is 2.87. The molecule has 2 aromatic rings. The van der Waals surface area contributed by atoms with Gasteiger partial charge in [0, 0.05) is 5.56 Å². The minimum Gasteiger partial charge on any atom is -0.496 e. The lowest BCUT2D eigenvalue weighted by molar-refractivity contribution is 0.395. The van der Waals surface area contributed by atoms with E-state index < -0.39 is 0 Å². The number of methoxy groups -OCH3 is 1. The molecule has 1 aromatic heterocycles. The van der Waals surface area contributed by atoms with Crippen molar-refractivity contribution in [2.45, 2.75) is 6.04 Å². The fourth-order valence-corrected chi connectivity index (χ4v) is 2.02. The first-order valence-electron chi connectivity index (χ1n) is 5.41. The van der Waals surface area contributed by atoms with Gasteiger partial charge in [-0.15, -0.1) is 0 Å². The van der Waals surface area contributed by atoms with Crippen LogP contribution in [0.3, 0.4) is 0 Å². The monoisotopic (exact) mass is 269 g/mol. The number of ether oxygens (including phenoxy) is 1. The summed E-state index contributed by atoms with van der Waals surface area (Å²) in [6, 6.07) is 7.42. The van der Waals surface area contributed by atoms with Crippen LogP contribution in [0.25, 0.3) is 0 Å². The lowest BCUT2D eigenvalue weighted by Crippen LogP contribution is -2.18. The number of hydrogen-bond donors (Lipinski definition) is 1. The molecule has 0 saturated carbocycles. The van der Waals surface area contributed by atoms with Gasteiger partial charge < -0.3 is 14.5 Å². The molecule has 0 bridgehead atoms. The smallest absolute Gasteiger partial charge is 0.193 e. The molecular formula is C13H13ClFNO2. The Kier molecular flexibility index (Phi) is 3.89. The van der Waals surface area contributed by atoms with E-state index in [0.717, 1.165) is 0 Å². The maximum Gasteiger partial charge on any atom is 0.193 e. The summed E-state index contributed by atoms with van der Waals surface area (Å²) in [6.07, 6.45) is 0. The Hall–Kier alpha value is -1.52. The zero-order valence-electron chi connectivity index (χ0n) is 10.0. The van der Waals surface area contributed by atoms with Crippen LogP contribution in [0.2, 0.25) is 5.22 Å². The van der Waals surface area contributed by atoms with Crippen molar-refractivity contribution >= 4 is 11.6 Å². The first-order valence-corrected chi connectivity index (χ1v) is 5.79. The summed E-state index contributed by atoms with van der Waals surface area (Å²) in [5.74, 6) is 0.860. The molecule has 18 heavy (non-hydrogen) atoms. The molecule has 2 rings (SSSR count). The molecule has 0 radical (unpaired) electrons. The van der Waals surface area contributed by atoms with Crippen molar-refractivity contribution in [3.63, 3.8) is 0 Å². The van der Waals surface area contributed by atoms with Crippen LogP contribution in [0.15, 0.2) is 34.7 Å². The summed E-state index contributed by atoms with van der Waals surface area (Å²) in [5, 5.41) is 3.34. The molecule has 0 aliphatic carbocycles. The van der Waals surface area contributed by atoms with Crippen molar-refractivity contribution in [2.24, 2.45) is 0 Å². The van der Waals surface area contributed by atoms with E-state index in [-0.39, 0.29) is 11.9 Å². The number of benzene rings is 1. The van der Waals surface area contributed by atoms with E-state index in [1.165, 1.54) is 12.1 Å². The molecule has 1 atom stereocenters. The van der Waals surface area contributed by atoms with Gasteiger partial charge in [0.2, 0.25) is 0 Å². The fourth-order valence-electron chi connectivity index (χ4n) is 1.87. The molecule has 0 amide bonds. The van der Waals surface area contributed by atoms with Gasteiger partial charge in [-0.3, -0.25) is 0 Å². The third-order valence-electron chi connectivity index (χ3n) is 2.67. The van der Waals surface area contributed by atoms with Crippen LogP contribution < -0.4 is 10.1 Å². The molecular weight excluding hydrogens is 257 g/mol. The first-order chi connectivity index (χ1) is 8.65. The summed E-state index contributed by atoms with van der Waals surface area (Å²) in [6.45, 7) is 0. The summed E-state index contributed by atoms with van der Waals surface area (Å²) >= 11 is 5.75. The fraction of sp³-hybridized carbons (Fsp3) is 0.231. The van der Waals surface area contributed by atoms with Crippen molar-refractivity contribution < 1.29 is 13.5 Å². The number of furan rings is 1. The minimum atomic E-state index is -0.330. The second kappa shape index (κ2) is 5.42. The summed E-state index contributed by atoms with van der Waals surface area (Å²) in [4.78, 5) is 0. The Balaban J connectivity index is 2.47. The van der Waals surface area contributed by atoms with Crippen molar-refractivity contribution in [1.29, 1.82) is 0 Å². The predicted molar refractivity (Wildman–Crippen MR) is 67.6 cm³/mol. The second-order valence-corrected chi connectivity index (χ2v) is 4.12. The number of halogens is 2. The molecule has 0 spiro atoms. The Labute approximate surface area is 110 Å². The van der Waals surface area contributed by atoms with Gasteiger partial charge in [0.15, 0.2) is 5.22 Å². The Bertz CT molecular complexity index is 542. The quantitative estimate of drug-likeness (QED) is 0.924. The van der Waals surface area contributed by atoms with Gasteiger partial charge in [0.05, 0.1) is 13.2 Å². The van der Waals surface area contributed by atoms with E-state index in [1.54, 1.807) is 32.4 Å². The van der Waals surface area contributed by atoms with Gasteiger partial charge in [-0.1, -0.05) is 0 Å². The van der Waals surface area contributed by atoms with Crippen LogP contribution in [0.1, 0.15) is 17.4 Å². The van der Waals surface area contributed by atoms with Gasteiger partial charge in [0.25, 0.3) is 0 Å². The first kappa shape index (κ1) is 12.9. The maximum atomic E-state index is 13.4. The van der Waals surface area contributed by atoms with Crippen molar-refractivity contribution in [3.05, 3.63) is 52.7 Å². The van der Waals surface area contributed by atoms with Crippen LogP contribution in [0, 0.1) is 5.82 Å². The van der Waals surface area contributed by atoms with Gasteiger partial charge >= 0.3 is 0 Å². The highest BCUT2D eigenvalue weighted by Crippen LogP contribution is 2.32. The third kappa shape index (κ3) is 2.49. The molecule has 96 valence electrons. The van der Waals surface area contributed by atoms with Crippen LogP contribution in [0.5, 0.6) is 5.75 Å². The summed E-state index contributed by atoms with van der Waals surface area (Å²) in [7, 11) is 3.30. The van der Waals surface area contributed by atoms with Gasteiger partial charge in [0.1, 0.15) is 17.3 Å². The molecule has 1 N–H and O–H groups in total. The lowest BCUT2D eigenvalue weighted by atomic mass is 10.0. The van der Waals surface area contributed by atoms with Gasteiger partial charge in [-0.05, 0) is 49.0 Å². The Morgan fingerprint density at radius 2 is 2.11 bits per heavy atom. The highest BCUT2D eigenvalue weighted by atomic mass is 35.5. The number of hydrogen-bond acceptors (Lipinski definition) is 3. The van der Waals surface area contributed by atoms with Crippen molar-refractivity contribution in [3.8, 4) is 5.75 Å². The van der Waals surface area contributed by atoms with Crippen LogP contribution in [-0.4, -0.2) is 14.2 Å². The number of rotatable bonds is 4. The molecule has 0 fully saturated rings. The molecule has 0 saturated heterocycles. The average Bonchev–Trinajstić information content (AvgIpc) is 2.77. The zero-order valence-corrected chi connectivity index (χ0v) is 10.8. The normalized spacial score (nSPS) is 12.4. The molecule has 0 aliphatic rings. The van der Waals surface area contributed by atoms with E-state index >= 15 is 0 Å². The van der Waals surface area contributed by atoms with Crippen molar-refractivity contribution in [1.82, 2.24) is 5.32 Å². The molecule has 5 heteroatoms. The average molecular weight is 270 g/mol. The standard InChI is InChI=1S/C13H13ClFNO2/c1-16-13(11-5-6-12(14)18-11)9-7-8(15)3-4-10(9)17-2/h3-7,13,16H,1-2H3. The second-order valence-electron chi connectivity index (χ2n) is 3.75. The summed E-state index contributed by atoms with van der Waals surface area (Å²) < 4.78 is 23.9. The molecule has 3 nitrogen and oxygen atoms in total. The van der Waals surface area contributed by atoms with Crippen molar-refractivity contribution in [2.75, 3.05) is 14.2 Å². The number of nitrogens with one attached hydrogen (secondary N) is 1. The molecule has 0 aliphatic heterocycles. The Morgan fingerprint density at radius 1 is 1.33 bits per heavy atom. The zero-order chi connectivity index (χ0) is 13.1. The highest BCUT2D eigenvalue weighted by Gasteiger charge is 2.20. The maximum absolute atomic E-state index is 13.4. The van der Waals surface area contributed by atoms with E-state index in [2.05, 4.69) is 5.32 Å². The van der Waals surface area contributed by atoms with Crippen LogP contribution in [0.4, 0.5) is 4.39 Å². The molecule has 1 unspecified atom stereocenters. The van der Waals surface area contributed by atoms with E-state index in [4.69, 9.17) is 20.8 Å². The largest absolute Gasteiger partial charge is 0.496 e. The predicted octanol–water partition coefficient (Wildman–Crippen LogP) is 3.39. The van der Waals surface area contributed by atoms with E-state index in [9.17, 15) is 4.39 Å². The SMILES string of the molecule is CNC(c1ccc(Cl)o1)c1cc(F)ccc1OC. The Morgan fingerprint density at radius 3 is 2.67 bits per heavy atom. The van der Waals surface area contributed by atoms with E-state index in [1.807, 2.05) is 0 Å². The van der Waals surface area contributed by atoms with E-state index in [0.29, 0.717) is 22.3 Å². The molecule has 1 heterocycles. The highest BCUT2D eigenvalue weighted by molar-refractivity contribution is 6.28. The van der Waals surface area contributed by atoms with Crippen LogP contribution in [-0.2, 0) is 0 Å². The topological polar surface area (TPSA) is 34.4 Å². The summed E-state index contributed by atoms with van der Waals surface area (Å²) in [5.41, 5.74) is 0.658. The minimum absolute atomic E-state index is 0.292. The van der Waals surface area contributed by atoms with Gasteiger partial charge in [-0.25, -0.2) is 4.39 Å². The lowest BCUT2D eigenvalue weighted by Gasteiger charge is -2.17.